The van der Waals surface area contributed by atoms with Crippen molar-refractivity contribution >= 4 is 22.3 Å². The second-order valence-corrected chi connectivity index (χ2v) is 4.87. The van der Waals surface area contributed by atoms with Gasteiger partial charge in [-0.05, 0) is 29.8 Å². The van der Waals surface area contributed by atoms with Crippen LogP contribution in [-0.4, -0.2) is 16.7 Å². The van der Waals surface area contributed by atoms with Crippen LogP contribution in [0.5, 0.6) is 0 Å². The first-order valence-corrected chi connectivity index (χ1v) is 6.25. The Balaban J connectivity index is 2.09. The Kier molecular flexibility index (Phi) is 2.02. The van der Waals surface area contributed by atoms with Crippen LogP contribution in [0.25, 0.3) is 10.8 Å². The minimum atomic E-state index is -0.253. The third kappa shape index (κ3) is 1.28. The monoisotopic (exact) mass is 263 g/mol. The average Bonchev–Trinajstić information content (AvgIpc) is 2.85. The summed E-state index contributed by atoms with van der Waals surface area (Å²) in [5, 5.41) is 5.58. The lowest BCUT2D eigenvalue weighted by atomic mass is 9.85. The van der Waals surface area contributed by atoms with Crippen LogP contribution in [-0.2, 0) is 0 Å². The van der Waals surface area contributed by atoms with Gasteiger partial charge in [-0.1, -0.05) is 29.4 Å². The van der Waals surface area contributed by atoms with Crippen molar-refractivity contribution in [1.82, 2.24) is 5.16 Å². The molecule has 0 N–H and O–H groups in total. The van der Waals surface area contributed by atoms with Crippen LogP contribution < -0.4 is 0 Å². The second kappa shape index (κ2) is 3.63. The SMILES string of the molecule is Cc1onc2c1C(=O)c1cc3ccccc3cc1C2=O. The number of carbonyl (C=O) groups excluding carboxylic acids is 2. The quantitative estimate of drug-likeness (QED) is 0.489. The summed E-state index contributed by atoms with van der Waals surface area (Å²) in [5.41, 5.74) is 1.23. The highest BCUT2D eigenvalue weighted by Crippen LogP contribution is 2.31. The summed E-state index contributed by atoms with van der Waals surface area (Å²) >= 11 is 0. The Morgan fingerprint density at radius 2 is 1.55 bits per heavy atom. The maximum Gasteiger partial charge on any atom is 0.216 e. The van der Waals surface area contributed by atoms with Gasteiger partial charge in [0, 0.05) is 11.1 Å². The topological polar surface area (TPSA) is 60.2 Å². The number of rotatable bonds is 0. The van der Waals surface area contributed by atoms with E-state index in [2.05, 4.69) is 5.16 Å². The van der Waals surface area contributed by atoms with Crippen molar-refractivity contribution in [2.24, 2.45) is 0 Å². The van der Waals surface area contributed by atoms with E-state index in [0.717, 1.165) is 10.8 Å². The molecule has 1 heterocycles. The van der Waals surface area contributed by atoms with Crippen LogP contribution in [0.4, 0.5) is 0 Å². The molecular formula is C16H9NO3. The normalized spacial score (nSPS) is 13.4. The molecule has 0 bridgehead atoms. The molecule has 2 aromatic carbocycles. The summed E-state index contributed by atoms with van der Waals surface area (Å²) in [7, 11) is 0. The van der Waals surface area contributed by atoms with E-state index in [1.807, 2.05) is 24.3 Å². The molecule has 0 unspecified atom stereocenters. The van der Waals surface area contributed by atoms with E-state index >= 15 is 0 Å². The summed E-state index contributed by atoms with van der Waals surface area (Å²) in [5.74, 6) is -0.0616. The molecule has 4 rings (SSSR count). The fraction of sp³-hybridized carbons (Fsp3) is 0.0625. The fourth-order valence-corrected chi connectivity index (χ4v) is 2.67. The van der Waals surface area contributed by atoms with Crippen molar-refractivity contribution in [3.05, 3.63) is 64.5 Å². The van der Waals surface area contributed by atoms with Crippen LogP contribution >= 0.6 is 0 Å². The lowest BCUT2D eigenvalue weighted by Gasteiger charge is -2.14. The molecule has 0 saturated heterocycles. The number of aromatic nitrogens is 1. The number of carbonyl (C=O) groups is 2. The Labute approximate surface area is 114 Å². The highest BCUT2D eigenvalue weighted by Gasteiger charge is 2.35. The molecule has 96 valence electrons. The molecule has 0 aliphatic heterocycles. The molecule has 0 fully saturated rings. The molecule has 0 radical (unpaired) electrons. The molecule has 0 saturated carbocycles. The molecule has 0 spiro atoms. The molecule has 20 heavy (non-hydrogen) atoms. The lowest BCUT2D eigenvalue weighted by molar-refractivity contribution is 0.0976. The largest absolute Gasteiger partial charge is 0.360 e. The molecule has 0 amide bonds. The van der Waals surface area contributed by atoms with Gasteiger partial charge in [-0.3, -0.25) is 9.59 Å². The van der Waals surface area contributed by atoms with Gasteiger partial charge in [0.25, 0.3) is 0 Å². The summed E-state index contributed by atoms with van der Waals surface area (Å²) in [6.45, 7) is 1.64. The Morgan fingerprint density at radius 1 is 0.950 bits per heavy atom. The molecule has 3 aromatic rings. The predicted molar refractivity (Wildman–Crippen MR) is 72.1 cm³/mol. The summed E-state index contributed by atoms with van der Waals surface area (Å²) < 4.78 is 5.00. The first kappa shape index (κ1) is 11.1. The number of nitrogens with zero attached hydrogens (tertiary/aromatic N) is 1. The minimum absolute atomic E-state index is 0.121. The van der Waals surface area contributed by atoms with Crippen molar-refractivity contribution in [3.63, 3.8) is 0 Å². The van der Waals surface area contributed by atoms with Crippen molar-refractivity contribution in [3.8, 4) is 0 Å². The molecule has 1 aliphatic rings. The third-order valence-electron chi connectivity index (χ3n) is 3.68. The fourth-order valence-electron chi connectivity index (χ4n) is 2.67. The Hall–Kier alpha value is -2.75. The molecular weight excluding hydrogens is 254 g/mol. The average molecular weight is 263 g/mol. The van der Waals surface area contributed by atoms with Crippen LogP contribution in [0.15, 0.2) is 40.9 Å². The van der Waals surface area contributed by atoms with Gasteiger partial charge in [0.2, 0.25) is 5.78 Å². The van der Waals surface area contributed by atoms with E-state index in [9.17, 15) is 9.59 Å². The van der Waals surface area contributed by atoms with E-state index in [4.69, 9.17) is 4.52 Å². The number of hydrogen-bond acceptors (Lipinski definition) is 4. The van der Waals surface area contributed by atoms with Gasteiger partial charge in [-0.2, -0.15) is 0 Å². The lowest BCUT2D eigenvalue weighted by Crippen LogP contribution is -2.20. The van der Waals surface area contributed by atoms with Crippen LogP contribution in [0.3, 0.4) is 0 Å². The molecule has 0 atom stereocenters. The van der Waals surface area contributed by atoms with E-state index in [-0.39, 0.29) is 22.8 Å². The van der Waals surface area contributed by atoms with Crippen molar-refractivity contribution in [2.75, 3.05) is 0 Å². The first-order chi connectivity index (χ1) is 9.66. The number of benzene rings is 2. The highest BCUT2D eigenvalue weighted by molar-refractivity contribution is 6.29. The maximum atomic E-state index is 12.5. The Morgan fingerprint density at radius 3 is 2.20 bits per heavy atom. The van der Waals surface area contributed by atoms with Gasteiger partial charge in [0.1, 0.15) is 5.76 Å². The summed E-state index contributed by atoms with van der Waals surface area (Å²) in [6, 6.07) is 11.1. The summed E-state index contributed by atoms with van der Waals surface area (Å²) in [4.78, 5) is 25.0. The van der Waals surface area contributed by atoms with E-state index in [1.165, 1.54) is 0 Å². The van der Waals surface area contributed by atoms with E-state index in [1.54, 1.807) is 19.1 Å². The zero-order chi connectivity index (χ0) is 13.9. The predicted octanol–water partition coefficient (Wildman–Crippen LogP) is 2.91. The van der Waals surface area contributed by atoms with Crippen LogP contribution in [0.1, 0.15) is 37.7 Å². The number of fused-ring (bicyclic) bond motifs is 3. The zero-order valence-electron chi connectivity index (χ0n) is 10.6. The standard InChI is InChI=1S/C16H9NO3/c1-8-13-14(17-20-8)16(19)12-7-10-5-3-2-4-9(10)6-11(12)15(13)18/h2-7H,1H3. The second-order valence-electron chi connectivity index (χ2n) is 4.87. The zero-order valence-corrected chi connectivity index (χ0v) is 10.6. The molecule has 4 heteroatoms. The smallest absolute Gasteiger partial charge is 0.216 e. The van der Waals surface area contributed by atoms with Gasteiger partial charge in [-0.15, -0.1) is 0 Å². The van der Waals surface area contributed by atoms with Crippen LogP contribution in [0.2, 0.25) is 0 Å². The van der Waals surface area contributed by atoms with Gasteiger partial charge < -0.3 is 4.52 Å². The number of hydrogen-bond donors (Lipinski definition) is 0. The molecule has 1 aliphatic carbocycles. The Bertz CT molecular complexity index is 905. The van der Waals surface area contributed by atoms with Crippen molar-refractivity contribution in [2.45, 2.75) is 6.92 Å². The first-order valence-electron chi connectivity index (χ1n) is 6.25. The van der Waals surface area contributed by atoms with Crippen LogP contribution in [0, 0.1) is 6.92 Å². The third-order valence-corrected chi connectivity index (χ3v) is 3.68. The maximum absolute atomic E-state index is 12.5. The van der Waals surface area contributed by atoms with Gasteiger partial charge in [0.05, 0.1) is 5.56 Å². The minimum Gasteiger partial charge on any atom is -0.360 e. The van der Waals surface area contributed by atoms with Crippen molar-refractivity contribution < 1.29 is 14.1 Å². The highest BCUT2D eigenvalue weighted by atomic mass is 16.5. The molecule has 1 aromatic heterocycles. The van der Waals surface area contributed by atoms with E-state index < -0.39 is 0 Å². The van der Waals surface area contributed by atoms with E-state index in [0.29, 0.717) is 16.9 Å². The van der Waals surface area contributed by atoms with Gasteiger partial charge >= 0.3 is 0 Å². The van der Waals surface area contributed by atoms with Gasteiger partial charge in [-0.25, -0.2) is 0 Å². The number of ketones is 2. The van der Waals surface area contributed by atoms with Gasteiger partial charge in [0.15, 0.2) is 11.5 Å². The summed E-state index contributed by atoms with van der Waals surface area (Å²) in [6.07, 6.45) is 0. The number of aryl methyl sites for hydroxylation is 1. The molecule has 4 nitrogen and oxygen atoms in total. The van der Waals surface area contributed by atoms with Crippen molar-refractivity contribution in [1.29, 1.82) is 0 Å².